The first-order valence-electron chi connectivity index (χ1n) is 7.66. The summed E-state index contributed by atoms with van der Waals surface area (Å²) in [5, 5.41) is 1.91. The number of carbonyl (C=O) groups is 1. The molecule has 3 rings (SSSR count). The molecule has 0 aromatic heterocycles. The maximum atomic E-state index is 12.4. The molecule has 2 atom stereocenters. The summed E-state index contributed by atoms with van der Waals surface area (Å²) in [4.78, 5) is 11.7. The van der Waals surface area contributed by atoms with Gasteiger partial charge in [0, 0.05) is 12.5 Å². The highest BCUT2D eigenvalue weighted by Crippen LogP contribution is 2.41. The summed E-state index contributed by atoms with van der Waals surface area (Å²) >= 11 is 0. The molecule has 0 spiro atoms. The SMILES string of the molecule is C=CC(=O)[C@@H]1C[C@@H]1CCNS(=O)(=O)c1ccc2ccccc2c1. The monoisotopic (exact) mass is 329 g/mol. The highest BCUT2D eigenvalue weighted by Gasteiger charge is 2.40. The molecule has 0 radical (unpaired) electrons. The van der Waals surface area contributed by atoms with Crippen LogP contribution in [0.5, 0.6) is 0 Å². The average molecular weight is 329 g/mol. The Kier molecular flexibility index (Phi) is 4.33. The van der Waals surface area contributed by atoms with E-state index < -0.39 is 10.0 Å². The fraction of sp³-hybridized carbons (Fsp3) is 0.278. The lowest BCUT2D eigenvalue weighted by molar-refractivity contribution is -0.116. The molecule has 2 aromatic rings. The van der Waals surface area contributed by atoms with Crippen LogP contribution in [0.2, 0.25) is 0 Å². The van der Waals surface area contributed by atoms with Crippen molar-refractivity contribution < 1.29 is 13.2 Å². The number of benzene rings is 2. The van der Waals surface area contributed by atoms with Gasteiger partial charge < -0.3 is 0 Å². The first-order chi connectivity index (χ1) is 11.0. The van der Waals surface area contributed by atoms with E-state index in [2.05, 4.69) is 11.3 Å². The lowest BCUT2D eigenvalue weighted by Gasteiger charge is -2.07. The minimum atomic E-state index is -3.52. The molecule has 23 heavy (non-hydrogen) atoms. The van der Waals surface area contributed by atoms with Gasteiger partial charge in [-0.3, -0.25) is 4.79 Å². The fourth-order valence-electron chi connectivity index (χ4n) is 2.86. The first-order valence-corrected chi connectivity index (χ1v) is 9.14. The molecule has 1 aliphatic rings. The Hall–Kier alpha value is -1.98. The topological polar surface area (TPSA) is 63.2 Å². The largest absolute Gasteiger partial charge is 0.295 e. The lowest BCUT2D eigenvalue weighted by Crippen LogP contribution is -2.25. The molecule has 0 heterocycles. The molecular weight excluding hydrogens is 310 g/mol. The molecule has 1 fully saturated rings. The minimum absolute atomic E-state index is 0.0395. The van der Waals surface area contributed by atoms with Crippen molar-refractivity contribution in [2.45, 2.75) is 17.7 Å². The number of carbonyl (C=O) groups excluding carboxylic acids is 1. The van der Waals surface area contributed by atoms with Crippen molar-refractivity contribution in [2.75, 3.05) is 6.54 Å². The third kappa shape index (κ3) is 3.51. The van der Waals surface area contributed by atoms with Crippen LogP contribution in [0.25, 0.3) is 10.8 Å². The number of nitrogens with one attached hydrogen (secondary N) is 1. The quantitative estimate of drug-likeness (QED) is 0.795. The Labute approximate surface area is 136 Å². The van der Waals surface area contributed by atoms with Gasteiger partial charge >= 0.3 is 0 Å². The Balaban J connectivity index is 1.62. The van der Waals surface area contributed by atoms with E-state index >= 15 is 0 Å². The number of fused-ring (bicyclic) bond motifs is 1. The van der Waals surface area contributed by atoms with Gasteiger partial charge in [0.25, 0.3) is 0 Å². The highest BCUT2D eigenvalue weighted by atomic mass is 32.2. The smallest absolute Gasteiger partial charge is 0.240 e. The van der Waals surface area contributed by atoms with Crippen LogP contribution in [0, 0.1) is 11.8 Å². The number of rotatable bonds is 7. The summed E-state index contributed by atoms with van der Waals surface area (Å²) < 4.78 is 27.3. The Bertz CT molecular complexity index is 857. The van der Waals surface area contributed by atoms with Gasteiger partial charge in [0.1, 0.15) is 0 Å². The zero-order valence-corrected chi connectivity index (χ0v) is 13.6. The van der Waals surface area contributed by atoms with E-state index in [0.717, 1.165) is 17.2 Å². The summed E-state index contributed by atoms with van der Waals surface area (Å²) in [5.74, 6) is 0.380. The second-order valence-corrected chi connectivity index (χ2v) is 7.67. The number of ketones is 1. The van der Waals surface area contributed by atoms with E-state index in [1.165, 1.54) is 6.08 Å². The zero-order valence-electron chi connectivity index (χ0n) is 12.7. The molecule has 0 amide bonds. The summed E-state index contributed by atoms with van der Waals surface area (Å²) in [5.41, 5.74) is 0. The van der Waals surface area contributed by atoms with Crippen molar-refractivity contribution in [3.05, 3.63) is 55.1 Å². The molecule has 120 valence electrons. The third-order valence-corrected chi connectivity index (χ3v) is 5.79. The Morgan fingerprint density at radius 2 is 1.96 bits per heavy atom. The predicted molar refractivity (Wildman–Crippen MR) is 90.6 cm³/mol. The van der Waals surface area contributed by atoms with Gasteiger partial charge in [-0.2, -0.15) is 0 Å². The van der Waals surface area contributed by atoms with Gasteiger partial charge in [0.2, 0.25) is 10.0 Å². The molecule has 5 heteroatoms. The summed E-state index contributed by atoms with van der Waals surface area (Å²) in [6, 6.07) is 12.8. The second kappa shape index (κ2) is 6.26. The number of hydrogen-bond acceptors (Lipinski definition) is 3. The van der Waals surface area contributed by atoms with Gasteiger partial charge in [-0.15, -0.1) is 0 Å². The van der Waals surface area contributed by atoms with Crippen molar-refractivity contribution in [2.24, 2.45) is 11.8 Å². The molecule has 0 saturated heterocycles. The normalized spacial score (nSPS) is 20.3. The maximum absolute atomic E-state index is 12.4. The van der Waals surface area contributed by atoms with Crippen molar-refractivity contribution in [3.63, 3.8) is 0 Å². The number of sulfonamides is 1. The van der Waals surface area contributed by atoms with Crippen molar-refractivity contribution in [1.82, 2.24) is 4.72 Å². The number of hydrogen-bond donors (Lipinski definition) is 1. The van der Waals surface area contributed by atoms with E-state index in [9.17, 15) is 13.2 Å². The molecule has 4 nitrogen and oxygen atoms in total. The van der Waals surface area contributed by atoms with Crippen molar-refractivity contribution >= 4 is 26.6 Å². The van der Waals surface area contributed by atoms with Crippen LogP contribution in [0.1, 0.15) is 12.8 Å². The van der Waals surface area contributed by atoms with Gasteiger partial charge in [-0.25, -0.2) is 13.1 Å². The van der Waals surface area contributed by atoms with Gasteiger partial charge in [0.05, 0.1) is 4.90 Å². The predicted octanol–water partition coefficient (Wildman–Crippen LogP) is 2.90. The van der Waals surface area contributed by atoms with Crippen LogP contribution in [-0.2, 0) is 14.8 Å². The maximum Gasteiger partial charge on any atom is 0.240 e. The summed E-state index contributed by atoms with van der Waals surface area (Å²) in [6.45, 7) is 3.83. The molecular formula is C18H19NO3S. The van der Waals surface area contributed by atoms with E-state index in [-0.39, 0.29) is 22.5 Å². The second-order valence-electron chi connectivity index (χ2n) is 5.90. The minimum Gasteiger partial charge on any atom is -0.295 e. The van der Waals surface area contributed by atoms with Crippen LogP contribution >= 0.6 is 0 Å². The molecule has 0 unspecified atom stereocenters. The van der Waals surface area contributed by atoms with Crippen LogP contribution in [-0.4, -0.2) is 20.7 Å². The first kappa shape index (κ1) is 15.9. The lowest BCUT2D eigenvalue weighted by atomic mass is 10.1. The standard InChI is InChI=1S/C18H19NO3S/c1-2-18(20)17-12-15(17)9-10-19-23(21,22)16-8-7-13-5-3-4-6-14(13)11-16/h2-8,11,15,17,19H,1,9-10,12H2/t15-,17+/m0/s1. The fourth-order valence-corrected chi connectivity index (χ4v) is 3.95. The average Bonchev–Trinajstić information content (AvgIpc) is 3.33. The van der Waals surface area contributed by atoms with Crippen LogP contribution < -0.4 is 4.72 Å². The summed E-state index contributed by atoms with van der Waals surface area (Å²) in [7, 11) is -3.52. The summed E-state index contributed by atoms with van der Waals surface area (Å²) in [6.07, 6.45) is 2.86. The van der Waals surface area contributed by atoms with Gasteiger partial charge in [-0.1, -0.05) is 36.9 Å². The highest BCUT2D eigenvalue weighted by molar-refractivity contribution is 7.89. The number of allylic oxidation sites excluding steroid dienone is 1. The van der Waals surface area contributed by atoms with Gasteiger partial charge in [0.15, 0.2) is 5.78 Å². The van der Waals surface area contributed by atoms with Crippen LogP contribution in [0.4, 0.5) is 0 Å². The molecule has 1 saturated carbocycles. The van der Waals surface area contributed by atoms with Crippen LogP contribution in [0.3, 0.4) is 0 Å². The van der Waals surface area contributed by atoms with Crippen molar-refractivity contribution in [3.8, 4) is 0 Å². The molecule has 0 aliphatic heterocycles. The molecule has 0 bridgehead atoms. The Morgan fingerprint density at radius 1 is 1.22 bits per heavy atom. The zero-order chi connectivity index (χ0) is 16.4. The third-order valence-electron chi connectivity index (χ3n) is 4.33. The van der Waals surface area contributed by atoms with E-state index in [1.54, 1.807) is 12.1 Å². The molecule has 2 aromatic carbocycles. The van der Waals surface area contributed by atoms with Crippen LogP contribution in [0.15, 0.2) is 60.0 Å². The van der Waals surface area contributed by atoms with Gasteiger partial charge in [-0.05, 0) is 47.7 Å². The van der Waals surface area contributed by atoms with E-state index in [4.69, 9.17) is 0 Å². The molecule has 1 aliphatic carbocycles. The van der Waals surface area contributed by atoms with Crippen molar-refractivity contribution in [1.29, 1.82) is 0 Å². The van der Waals surface area contributed by atoms with E-state index in [1.807, 2.05) is 30.3 Å². The molecule has 1 N–H and O–H groups in total. The van der Waals surface area contributed by atoms with E-state index in [0.29, 0.717) is 13.0 Å². The Morgan fingerprint density at radius 3 is 2.70 bits per heavy atom.